The van der Waals surface area contributed by atoms with Crippen molar-refractivity contribution in [2.24, 2.45) is 0 Å². The molecule has 586 valence electrons. The summed E-state index contributed by atoms with van der Waals surface area (Å²) >= 11 is 3.49. The number of nitrogens with one attached hydrogen (secondary N) is 8. The van der Waals surface area contributed by atoms with Crippen molar-refractivity contribution < 1.29 is 58.6 Å². The van der Waals surface area contributed by atoms with Gasteiger partial charge in [-0.2, -0.15) is 0 Å². The number of hydroxylamine groups is 4. The summed E-state index contributed by atoms with van der Waals surface area (Å²) in [6, 6.07) is 57.8. The standard InChI is InChI=1S/C23H21FN4O3.C21H20N6O3.C20H22N4O3.C18H20BrN5O2/c1-31-12-11-28-21-10-7-17(16-3-2-4-18(24)13-16)14-20(21)26-23(28)25-19-8-5-15(6-9-19)22(29)27-30;1-30-9-8-27-19-7-4-15(16-11-22-13-23-12-16)10-18(19)25-21(27)24-17-5-2-14(3-6-17)20(28)26-29;1-27-11-10-24-18-9-6-15(13-2-3-13)12-17(18)22-20(24)21-16-7-4-14(5-8-16)19(25)23-26;1-23(2)9-10-24-16-8-5-13(19)11-15(16)21-18(24)20-14-6-3-12(4-7-14)17(25)22-26/h2-10,13-14,30H,11-12H2,1H3,(H,25,26)(H,27,29);2-7,10-13,29H,8-9H2,1H3,(H,24,25)(H,26,28);4-9,12-13,26H,2-3,10-11H2,1H3,(H,21,22)(H,23,25);3-8,11,26H,9-10H2,1-2H3,(H,20,21)(H,22,25). The number of hydrogen-bond acceptors (Lipinski definition) is 22. The molecule has 0 atom stereocenters. The van der Waals surface area contributed by atoms with E-state index in [1.807, 2.05) is 83.9 Å². The Bertz CT molecular complexity index is 5650. The molecule has 1 aliphatic carbocycles. The van der Waals surface area contributed by atoms with Crippen LogP contribution < -0.4 is 43.2 Å². The quantitative estimate of drug-likeness (QED) is 0.0168. The van der Waals surface area contributed by atoms with E-state index in [-0.39, 0.29) is 5.82 Å². The second-order valence-corrected chi connectivity index (χ2v) is 27.3. The summed E-state index contributed by atoms with van der Waals surface area (Å²) in [5.41, 5.74) is 23.4. The monoisotopic (exact) mass is 1610 g/mol. The van der Waals surface area contributed by atoms with E-state index in [2.05, 4.69) is 79.4 Å². The van der Waals surface area contributed by atoms with Crippen LogP contribution in [0.4, 0.5) is 50.9 Å². The van der Waals surface area contributed by atoms with Gasteiger partial charge in [0.25, 0.3) is 23.6 Å². The van der Waals surface area contributed by atoms with E-state index in [4.69, 9.17) is 55.0 Å². The molecule has 15 rings (SSSR count). The number of amides is 4. The van der Waals surface area contributed by atoms with Crippen LogP contribution >= 0.6 is 15.9 Å². The first-order chi connectivity index (χ1) is 55.4. The lowest BCUT2D eigenvalue weighted by molar-refractivity contribution is 0.0702. The Kier molecular flexibility index (Phi) is 27.1. The number of methoxy groups -OCH3 is 3. The molecule has 0 aliphatic heterocycles. The van der Waals surface area contributed by atoms with Gasteiger partial charge in [-0.1, -0.05) is 46.3 Å². The van der Waals surface area contributed by atoms with Gasteiger partial charge >= 0.3 is 0 Å². The Morgan fingerprint density at radius 3 is 1.13 bits per heavy atom. The van der Waals surface area contributed by atoms with Gasteiger partial charge in [-0.15, -0.1) is 0 Å². The van der Waals surface area contributed by atoms with Crippen molar-refractivity contribution >= 4 is 130 Å². The minimum atomic E-state index is -0.580. The summed E-state index contributed by atoms with van der Waals surface area (Å²) in [6.07, 6.45) is 7.54. The molecule has 5 heterocycles. The van der Waals surface area contributed by atoms with Gasteiger partial charge in [0.15, 0.2) is 0 Å². The second-order valence-electron chi connectivity index (χ2n) is 26.4. The zero-order valence-electron chi connectivity index (χ0n) is 62.7. The van der Waals surface area contributed by atoms with Crippen molar-refractivity contribution in [3.05, 3.63) is 251 Å². The molecular weight excluding hydrogens is 1530 g/mol. The van der Waals surface area contributed by atoms with E-state index in [1.54, 1.807) is 159 Å². The van der Waals surface area contributed by atoms with Crippen molar-refractivity contribution in [1.29, 1.82) is 0 Å². The summed E-state index contributed by atoms with van der Waals surface area (Å²) in [4.78, 5) is 75.1. The van der Waals surface area contributed by atoms with Gasteiger partial charge in [0.2, 0.25) is 23.8 Å². The molecular formula is C82H83BrFN19O11. The molecule has 4 amide bonds. The van der Waals surface area contributed by atoms with E-state index in [0.717, 1.165) is 119 Å². The summed E-state index contributed by atoms with van der Waals surface area (Å²) < 4.78 is 38.6. The predicted octanol–water partition coefficient (Wildman–Crippen LogP) is 14.0. The molecule has 0 bridgehead atoms. The highest BCUT2D eigenvalue weighted by Gasteiger charge is 2.25. The number of carbonyl (C=O) groups is 4. The molecule has 0 unspecified atom stereocenters. The summed E-state index contributed by atoms with van der Waals surface area (Å²) in [7, 11) is 9.05. The average molecular weight is 1610 g/mol. The van der Waals surface area contributed by atoms with Crippen LogP contribution in [0.3, 0.4) is 0 Å². The number of halogens is 2. The van der Waals surface area contributed by atoms with Crippen LogP contribution in [-0.2, 0) is 40.4 Å². The molecule has 0 spiro atoms. The van der Waals surface area contributed by atoms with Gasteiger partial charge in [-0.3, -0.25) is 40.0 Å². The summed E-state index contributed by atoms with van der Waals surface area (Å²) in [5, 5.41) is 48.1. The van der Waals surface area contributed by atoms with Crippen LogP contribution in [0.15, 0.2) is 217 Å². The molecule has 1 aliphatic rings. The Morgan fingerprint density at radius 1 is 0.430 bits per heavy atom. The summed E-state index contributed by atoms with van der Waals surface area (Å²) in [5.74, 6) is 0.902. The highest BCUT2D eigenvalue weighted by atomic mass is 79.9. The van der Waals surface area contributed by atoms with E-state index in [1.165, 1.54) is 36.9 Å². The molecule has 114 heavy (non-hydrogen) atoms. The first-order valence-corrected chi connectivity index (χ1v) is 36.8. The molecule has 32 heteroatoms. The highest BCUT2D eigenvalue weighted by Crippen LogP contribution is 2.41. The minimum Gasteiger partial charge on any atom is -0.383 e. The number of likely N-dealkylation sites (N-methyl/N-ethyl adjacent to an activating group) is 1. The van der Waals surface area contributed by atoms with Crippen LogP contribution in [0.2, 0.25) is 0 Å². The van der Waals surface area contributed by atoms with E-state index < -0.39 is 23.6 Å². The van der Waals surface area contributed by atoms with E-state index >= 15 is 0 Å². The lowest BCUT2D eigenvalue weighted by Crippen LogP contribution is -2.19. The van der Waals surface area contributed by atoms with Gasteiger partial charge in [0.05, 0.1) is 64.0 Å². The maximum absolute atomic E-state index is 13.6. The summed E-state index contributed by atoms with van der Waals surface area (Å²) in [6.45, 7) is 5.17. The Balaban J connectivity index is 0.000000141. The molecule has 30 nitrogen and oxygen atoms in total. The van der Waals surface area contributed by atoms with Gasteiger partial charge in [0, 0.05) is 121 Å². The molecule has 14 aromatic rings. The third-order valence-corrected chi connectivity index (χ3v) is 18.9. The normalized spacial score (nSPS) is 11.6. The topological polar surface area (TPSA) is 373 Å². The first-order valence-electron chi connectivity index (χ1n) is 36.0. The molecule has 9 aromatic carbocycles. The van der Waals surface area contributed by atoms with Gasteiger partial charge in [0.1, 0.15) is 12.1 Å². The number of hydrogen-bond donors (Lipinski definition) is 12. The van der Waals surface area contributed by atoms with Crippen molar-refractivity contribution in [3.8, 4) is 22.3 Å². The van der Waals surface area contributed by atoms with Crippen LogP contribution in [0.1, 0.15) is 65.8 Å². The largest absolute Gasteiger partial charge is 0.383 e. The fourth-order valence-electron chi connectivity index (χ4n) is 12.4. The van der Waals surface area contributed by atoms with E-state index in [0.29, 0.717) is 79.5 Å². The number of imidazole rings is 4. The molecule has 1 saturated carbocycles. The fourth-order valence-corrected chi connectivity index (χ4v) is 12.7. The Labute approximate surface area is 661 Å². The van der Waals surface area contributed by atoms with Crippen molar-refractivity contribution in [1.82, 2.24) is 75.0 Å². The molecule has 0 saturated heterocycles. The molecule has 12 N–H and O–H groups in total. The van der Waals surface area contributed by atoms with Gasteiger partial charge < -0.3 is 58.6 Å². The number of carbonyl (C=O) groups excluding carboxylic acids is 4. The Morgan fingerprint density at radius 2 is 0.772 bits per heavy atom. The van der Waals surface area contributed by atoms with Crippen LogP contribution in [0.5, 0.6) is 0 Å². The lowest BCUT2D eigenvalue weighted by atomic mass is 10.1. The first kappa shape index (κ1) is 80.6. The molecule has 0 radical (unpaired) electrons. The Hall–Kier alpha value is -12.9. The smallest absolute Gasteiger partial charge is 0.274 e. The lowest BCUT2D eigenvalue weighted by Gasteiger charge is -2.14. The van der Waals surface area contributed by atoms with Crippen LogP contribution in [0.25, 0.3) is 66.4 Å². The third kappa shape index (κ3) is 20.2. The highest BCUT2D eigenvalue weighted by molar-refractivity contribution is 9.10. The van der Waals surface area contributed by atoms with Crippen molar-refractivity contribution in [3.63, 3.8) is 0 Å². The number of rotatable bonds is 27. The van der Waals surface area contributed by atoms with Crippen LogP contribution in [-0.4, -0.2) is 159 Å². The number of fused-ring (bicyclic) bond motifs is 4. The number of benzene rings is 9. The second kappa shape index (κ2) is 38.4. The maximum atomic E-state index is 13.6. The SMILES string of the molecule is CN(C)CCn1c(Nc2ccc(C(=O)NO)cc2)nc2cc(Br)ccc21.COCCn1c(Nc2ccc(C(=O)NO)cc2)nc2cc(-c3cccc(F)c3)ccc21.COCCn1c(Nc2ccc(C(=O)NO)cc2)nc2cc(-c3cncnc3)ccc21.COCCn1c(Nc2ccc(C(=O)NO)cc2)nc2cc(C3CC3)ccc21. The molecule has 1 fully saturated rings. The van der Waals surface area contributed by atoms with Crippen LogP contribution in [0, 0.1) is 5.82 Å². The predicted molar refractivity (Wildman–Crippen MR) is 435 cm³/mol. The van der Waals surface area contributed by atoms with Crippen molar-refractivity contribution in [2.45, 2.75) is 44.9 Å². The van der Waals surface area contributed by atoms with Crippen molar-refractivity contribution in [2.75, 3.05) is 83.1 Å². The maximum Gasteiger partial charge on any atom is 0.274 e. The minimum absolute atomic E-state index is 0.288. The molecule has 5 aromatic heterocycles. The average Bonchev–Trinajstić information content (AvgIpc) is 1.65. The number of anilines is 8. The number of nitrogens with zero attached hydrogens (tertiary/aromatic N) is 11. The third-order valence-electron chi connectivity index (χ3n) is 18.4. The number of ether oxygens (including phenoxy) is 3. The zero-order valence-corrected chi connectivity index (χ0v) is 64.3. The number of aromatic nitrogens is 10. The van der Waals surface area contributed by atoms with E-state index in [9.17, 15) is 23.6 Å². The fraction of sp³-hybridized carbons (Fsp3) is 0.195. The zero-order chi connectivity index (χ0) is 80.2. The van der Waals surface area contributed by atoms with Gasteiger partial charge in [-0.05, 0) is 219 Å². The van der Waals surface area contributed by atoms with Gasteiger partial charge in [-0.25, -0.2) is 56.2 Å².